The molecular formula is C20H39N. The van der Waals surface area contributed by atoms with Gasteiger partial charge in [0, 0.05) is 6.04 Å². The lowest BCUT2D eigenvalue weighted by Gasteiger charge is -2.43. The van der Waals surface area contributed by atoms with E-state index in [4.69, 9.17) is 0 Å². The summed E-state index contributed by atoms with van der Waals surface area (Å²) in [5.74, 6) is 2.02. The van der Waals surface area contributed by atoms with Gasteiger partial charge < -0.3 is 4.90 Å². The minimum atomic E-state index is 0.909. The topological polar surface area (TPSA) is 3.24 Å². The molecule has 0 aromatic carbocycles. The molecule has 0 aromatic heterocycles. The van der Waals surface area contributed by atoms with Crippen molar-refractivity contribution in [2.24, 2.45) is 11.8 Å². The lowest BCUT2D eigenvalue weighted by Crippen LogP contribution is -2.45. The Labute approximate surface area is 133 Å². The van der Waals surface area contributed by atoms with E-state index in [0.717, 1.165) is 17.9 Å². The van der Waals surface area contributed by atoms with Crippen LogP contribution in [0.1, 0.15) is 96.8 Å². The number of hydrogen-bond acceptors (Lipinski definition) is 1. The molecule has 0 N–H and O–H groups in total. The Morgan fingerprint density at radius 1 is 0.762 bits per heavy atom. The van der Waals surface area contributed by atoms with Crippen molar-refractivity contribution in [3.05, 3.63) is 0 Å². The van der Waals surface area contributed by atoms with Crippen LogP contribution in [0.4, 0.5) is 0 Å². The molecule has 2 aliphatic rings. The number of unbranched alkanes of at least 4 members (excludes halogenated alkanes) is 3. The van der Waals surface area contributed by atoms with Gasteiger partial charge in [-0.15, -0.1) is 0 Å². The van der Waals surface area contributed by atoms with E-state index in [1.54, 1.807) is 0 Å². The van der Waals surface area contributed by atoms with E-state index >= 15 is 0 Å². The number of hydrogen-bond donors (Lipinski definition) is 0. The van der Waals surface area contributed by atoms with E-state index in [-0.39, 0.29) is 0 Å². The van der Waals surface area contributed by atoms with Gasteiger partial charge in [-0.3, -0.25) is 0 Å². The molecule has 2 saturated carbocycles. The second-order valence-electron chi connectivity index (χ2n) is 7.83. The van der Waals surface area contributed by atoms with Crippen molar-refractivity contribution >= 4 is 0 Å². The van der Waals surface area contributed by atoms with Crippen LogP contribution in [-0.2, 0) is 0 Å². The largest absolute Gasteiger partial charge is 0.303 e. The van der Waals surface area contributed by atoms with E-state index in [1.807, 2.05) is 0 Å². The second kappa shape index (κ2) is 9.87. The fourth-order valence-electron chi connectivity index (χ4n) is 4.99. The third kappa shape index (κ3) is 5.58. The summed E-state index contributed by atoms with van der Waals surface area (Å²) in [6.07, 6.45) is 20.7. The molecular weight excluding hydrogens is 254 g/mol. The van der Waals surface area contributed by atoms with Crippen molar-refractivity contribution in [3.8, 4) is 0 Å². The van der Waals surface area contributed by atoms with Crippen LogP contribution in [-0.4, -0.2) is 24.5 Å². The molecule has 124 valence electrons. The standard InChI is InChI=1S/C20H39N/c1-3-4-5-12-17-21(2)20(18-13-8-6-9-14-18)19-15-10-7-11-16-19/h18-20H,3-17H2,1-2H3. The van der Waals surface area contributed by atoms with Crippen LogP contribution in [0, 0.1) is 11.8 Å². The van der Waals surface area contributed by atoms with Crippen molar-refractivity contribution < 1.29 is 0 Å². The van der Waals surface area contributed by atoms with Gasteiger partial charge in [0.1, 0.15) is 0 Å². The molecule has 0 spiro atoms. The summed E-state index contributed by atoms with van der Waals surface area (Å²) in [7, 11) is 2.44. The monoisotopic (exact) mass is 293 g/mol. The fourth-order valence-corrected chi connectivity index (χ4v) is 4.99. The Kier molecular flexibility index (Phi) is 8.14. The molecule has 1 nitrogen and oxygen atoms in total. The molecule has 0 heterocycles. The van der Waals surface area contributed by atoms with Gasteiger partial charge in [0.05, 0.1) is 0 Å². The summed E-state index contributed by atoms with van der Waals surface area (Å²) in [6, 6.07) is 0.909. The molecule has 0 amide bonds. The Bertz CT molecular complexity index is 233. The Hall–Kier alpha value is -0.0400. The van der Waals surface area contributed by atoms with Crippen LogP contribution in [0.15, 0.2) is 0 Å². The van der Waals surface area contributed by atoms with Gasteiger partial charge in [0.25, 0.3) is 0 Å². The molecule has 0 saturated heterocycles. The quantitative estimate of drug-likeness (QED) is 0.494. The number of nitrogens with zero attached hydrogens (tertiary/aromatic N) is 1. The molecule has 2 aliphatic carbocycles. The van der Waals surface area contributed by atoms with Crippen molar-refractivity contribution in [2.75, 3.05) is 13.6 Å². The van der Waals surface area contributed by atoms with Crippen molar-refractivity contribution in [3.63, 3.8) is 0 Å². The highest BCUT2D eigenvalue weighted by Crippen LogP contribution is 2.38. The Morgan fingerprint density at radius 2 is 1.29 bits per heavy atom. The third-order valence-corrected chi connectivity index (χ3v) is 6.14. The SMILES string of the molecule is CCCCCCN(C)C(C1CCCCC1)C1CCCCC1. The summed E-state index contributed by atoms with van der Waals surface area (Å²) in [4.78, 5) is 2.79. The van der Waals surface area contributed by atoms with Gasteiger partial charge in [-0.2, -0.15) is 0 Å². The molecule has 0 unspecified atom stereocenters. The van der Waals surface area contributed by atoms with Crippen LogP contribution in [0.5, 0.6) is 0 Å². The van der Waals surface area contributed by atoms with Gasteiger partial charge in [0.2, 0.25) is 0 Å². The predicted molar refractivity (Wildman–Crippen MR) is 93.7 cm³/mol. The van der Waals surface area contributed by atoms with Crippen LogP contribution in [0.2, 0.25) is 0 Å². The van der Waals surface area contributed by atoms with E-state index in [0.29, 0.717) is 0 Å². The molecule has 0 aromatic rings. The highest BCUT2D eigenvalue weighted by molar-refractivity contribution is 4.87. The first-order valence-corrected chi connectivity index (χ1v) is 10.0. The first kappa shape index (κ1) is 17.3. The lowest BCUT2D eigenvalue weighted by molar-refractivity contribution is 0.0716. The average Bonchev–Trinajstić information content (AvgIpc) is 2.54. The fraction of sp³-hybridized carbons (Fsp3) is 1.00. The van der Waals surface area contributed by atoms with Gasteiger partial charge in [-0.25, -0.2) is 0 Å². The minimum Gasteiger partial charge on any atom is -0.303 e. The average molecular weight is 294 g/mol. The molecule has 1 heteroatoms. The first-order valence-electron chi connectivity index (χ1n) is 10.0. The highest BCUT2D eigenvalue weighted by Gasteiger charge is 2.33. The second-order valence-corrected chi connectivity index (χ2v) is 7.83. The van der Waals surface area contributed by atoms with Crippen LogP contribution in [0.25, 0.3) is 0 Å². The third-order valence-electron chi connectivity index (χ3n) is 6.14. The van der Waals surface area contributed by atoms with Gasteiger partial charge in [0.15, 0.2) is 0 Å². The van der Waals surface area contributed by atoms with Crippen LogP contribution < -0.4 is 0 Å². The smallest absolute Gasteiger partial charge is 0.0149 e. The van der Waals surface area contributed by atoms with Gasteiger partial charge in [-0.1, -0.05) is 64.7 Å². The summed E-state index contributed by atoms with van der Waals surface area (Å²) >= 11 is 0. The molecule has 0 radical (unpaired) electrons. The zero-order valence-electron chi connectivity index (χ0n) is 14.8. The van der Waals surface area contributed by atoms with Crippen molar-refractivity contribution in [1.82, 2.24) is 4.90 Å². The molecule has 0 atom stereocenters. The van der Waals surface area contributed by atoms with Crippen molar-refractivity contribution in [2.45, 2.75) is 103 Å². The van der Waals surface area contributed by atoms with Gasteiger partial charge >= 0.3 is 0 Å². The minimum absolute atomic E-state index is 0.909. The van der Waals surface area contributed by atoms with Crippen LogP contribution in [0.3, 0.4) is 0 Å². The maximum absolute atomic E-state index is 2.79. The van der Waals surface area contributed by atoms with Crippen molar-refractivity contribution in [1.29, 1.82) is 0 Å². The molecule has 0 aliphatic heterocycles. The lowest BCUT2D eigenvalue weighted by atomic mass is 9.73. The molecule has 2 rings (SSSR count). The maximum atomic E-state index is 2.79. The highest BCUT2D eigenvalue weighted by atomic mass is 15.1. The van der Waals surface area contributed by atoms with Gasteiger partial charge in [-0.05, 0) is 57.5 Å². The van der Waals surface area contributed by atoms with E-state index in [9.17, 15) is 0 Å². The van der Waals surface area contributed by atoms with E-state index < -0.39 is 0 Å². The van der Waals surface area contributed by atoms with Crippen LogP contribution >= 0.6 is 0 Å². The first-order chi connectivity index (χ1) is 10.3. The molecule has 2 fully saturated rings. The zero-order chi connectivity index (χ0) is 14.9. The Morgan fingerprint density at radius 3 is 1.76 bits per heavy atom. The van der Waals surface area contributed by atoms with E-state index in [2.05, 4.69) is 18.9 Å². The zero-order valence-corrected chi connectivity index (χ0v) is 14.8. The number of rotatable bonds is 8. The maximum Gasteiger partial charge on any atom is 0.0149 e. The normalized spacial score (nSPS) is 22.3. The molecule has 0 bridgehead atoms. The summed E-state index contributed by atoms with van der Waals surface area (Å²) in [5, 5.41) is 0. The Balaban J connectivity index is 1.89. The van der Waals surface area contributed by atoms with E-state index in [1.165, 1.54) is 96.4 Å². The summed E-state index contributed by atoms with van der Waals surface area (Å²) < 4.78 is 0. The summed E-state index contributed by atoms with van der Waals surface area (Å²) in [5.41, 5.74) is 0. The molecule has 21 heavy (non-hydrogen) atoms. The predicted octanol–water partition coefficient (Wildman–Crippen LogP) is 6.03. The summed E-state index contributed by atoms with van der Waals surface area (Å²) in [6.45, 7) is 3.66.